The molecule has 0 amide bonds. The number of rotatable bonds is 6. The molecular weight excluding hydrogens is 499 g/mol. The predicted molar refractivity (Wildman–Crippen MR) is 109 cm³/mol. The summed E-state index contributed by atoms with van der Waals surface area (Å²) in [5.74, 6) is 0.564. The molecular formula is C16H15IN6O4S. The zero-order chi connectivity index (χ0) is 19.8. The Balaban J connectivity index is 1.73. The summed E-state index contributed by atoms with van der Waals surface area (Å²) >= 11 is 3.61. The van der Waals surface area contributed by atoms with Gasteiger partial charge in [0.2, 0.25) is 6.79 Å². The molecule has 4 rings (SSSR count). The second kappa shape index (κ2) is 7.60. The molecule has 28 heavy (non-hydrogen) atoms. The van der Waals surface area contributed by atoms with Crippen molar-refractivity contribution in [2.75, 3.05) is 12.5 Å². The number of aliphatic carboxylic acids is 1. The first-order valence-electron chi connectivity index (χ1n) is 8.16. The third-order valence-electron chi connectivity index (χ3n) is 4.13. The molecule has 10 nitrogen and oxygen atoms in total. The summed E-state index contributed by atoms with van der Waals surface area (Å²) in [6.07, 6.45) is 1.57. The third kappa shape index (κ3) is 3.54. The van der Waals surface area contributed by atoms with Crippen LogP contribution in [0.1, 0.15) is 6.42 Å². The van der Waals surface area contributed by atoms with Gasteiger partial charge in [-0.25, -0.2) is 15.0 Å². The van der Waals surface area contributed by atoms with E-state index in [2.05, 4.69) is 37.5 Å². The summed E-state index contributed by atoms with van der Waals surface area (Å²) in [6, 6.07) is 2.80. The molecule has 1 aliphatic rings. The Hall–Kier alpha value is -2.32. The fraction of sp³-hybridized carbons (Fsp3) is 0.250. The second-order valence-electron chi connectivity index (χ2n) is 5.95. The smallest absolute Gasteiger partial charge is 0.320 e. The van der Waals surface area contributed by atoms with Gasteiger partial charge in [0.05, 0.1) is 0 Å². The Labute approximate surface area is 176 Å². The number of nitrogens with zero attached hydrogens (tertiary/aromatic N) is 4. The Morgan fingerprint density at radius 3 is 2.86 bits per heavy atom. The largest absolute Gasteiger partial charge is 0.480 e. The van der Waals surface area contributed by atoms with Gasteiger partial charge >= 0.3 is 5.97 Å². The molecule has 1 aromatic carbocycles. The van der Waals surface area contributed by atoms with Crippen LogP contribution in [-0.4, -0.2) is 43.4 Å². The summed E-state index contributed by atoms with van der Waals surface area (Å²) in [5.41, 5.74) is 12.6. The van der Waals surface area contributed by atoms with Gasteiger partial charge in [0.1, 0.15) is 12.4 Å². The van der Waals surface area contributed by atoms with Gasteiger partial charge in [-0.15, -0.1) is 0 Å². The lowest BCUT2D eigenvalue weighted by Crippen LogP contribution is -2.31. The molecule has 0 saturated carbocycles. The van der Waals surface area contributed by atoms with E-state index >= 15 is 0 Å². The number of benzene rings is 1. The summed E-state index contributed by atoms with van der Waals surface area (Å²) in [4.78, 5) is 24.8. The van der Waals surface area contributed by atoms with Crippen molar-refractivity contribution in [3.8, 4) is 11.5 Å². The minimum atomic E-state index is -1.06. The molecule has 0 bridgehead atoms. The molecule has 0 saturated heterocycles. The van der Waals surface area contributed by atoms with E-state index in [1.807, 2.05) is 16.7 Å². The maximum atomic E-state index is 11.1. The zero-order valence-electron chi connectivity index (χ0n) is 14.3. The van der Waals surface area contributed by atoms with Crippen LogP contribution in [0, 0.1) is 3.57 Å². The monoisotopic (exact) mass is 514 g/mol. The summed E-state index contributed by atoms with van der Waals surface area (Å²) in [5, 5.41) is 9.68. The van der Waals surface area contributed by atoms with Crippen LogP contribution in [0.2, 0.25) is 0 Å². The van der Waals surface area contributed by atoms with Crippen molar-refractivity contribution in [3.05, 3.63) is 22.0 Å². The van der Waals surface area contributed by atoms with Gasteiger partial charge in [-0.05, 0) is 41.1 Å². The highest BCUT2D eigenvalue weighted by molar-refractivity contribution is 14.1. The van der Waals surface area contributed by atoms with E-state index in [4.69, 9.17) is 26.0 Å². The van der Waals surface area contributed by atoms with Crippen molar-refractivity contribution >= 4 is 57.3 Å². The molecule has 0 fully saturated rings. The normalized spacial score (nSPS) is 13.8. The van der Waals surface area contributed by atoms with Gasteiger partial charge in [0.25, 0.3) is 0 Å². The molecule has 1 atom stereocenters. The fourth-order valence-corrected chi connectivity index (χ4v) is 4.39. The number of fused-ring (bicyclic) bond motifs is 2. The van der Waals surface area contributed by atoms with E-state index in [-0.39, 0.29) is 19.0 Å². The van der Waals surface area contributed by atoms with Gasteiger partial charge in [0.15, 0.2) is 33.6 Å². The minimum Gasteiger partial charge on any atom is -0.480 e. The number of nitrogen functional groups attached to an aromatic ring is 1. The van der Waals surface area contributed by atoms with E-state index in [9.17, 15) is 4.79 Å². The number of aryl methyl sites for hydroxylation is 1. The van der Waals surface area contributed by atoms with Crippen molar-refractivity contribution < 1.29 is 19.4 Å². The van der Waals surface area contributed by atoms with Crippen LogP contribution >= 0.6 is 34.4 Å². The van der Waals surface area contributed by atoms with Crippen molar-refractivity contribution in [2.24, 2.45) is 5.73 Å². The number of ether oxygens (including phenoxy) is 2. The van der Waals surface area contributed by atoms with Gasteiger partial charge in [-0.2, -0.15) is 0 Å². The van der Waals surface area contributed by atoms with Crippen LogP contribution < -0.4 is 20.9 Å². The maximum absolute atomic E-state index is 11.1. The molecule has 0 unspecified atom stereocenters. The number of hydrogen-bond acceptors (Lipinski definition) is 9. The average Bonchev–Trinajstić information content (AvgIpc) is 3.24. The summed E-state index contributed by atoms with van der Waals surface area (Å²) in [6.45, 7) is 0.515. The quantitative estimate of drug-likeness (QED) is 0.415. The molecule has 146 valence electrons. The van der Waals surface area contributed by atoms with Crippen LogP contribution in [0.15, 0.2) is 28.5 Å². The zero-order valence-corrected chi connectivity index (χ0v) is 17.3. The number of halogens is 1. The SMILES string of the molecule is Nc1ncnc2c1nc(Sc1cc3c(cc1I)OCO3)n2CC[C@H](N)C(=O)O. The summed E-state index contributed by atoms with van der Waals surface area (Å²) in [7, 11) is 0. The molecule has 3 heterocycles. The van der Waals surface area contributed by atoms with E-state index in [1.165, 1.54) is 18.1 Å². The molecule has 12 heteroatoms. The van der Waals surface area contributed by atoms with E-state index in [1.54, 1.807) is 0 Å². The third-order valence-corrected chi connectivity index (χ3v) is 6.44. The lowest BCUT2D eigenvalue weighted by Gasteiger charge is -2.11. The first-order chi connectivity index (χ1) is 13.4. The van der Waals surface area contributed by atoms with Gasteiger partial charge in [0, 0.05) is 15.0 Å². The summed E-state index contributed by atoms with van der Waals surface area (Å²) < 4.78 is 13.6. The number of carboxylic acid groups (broad SMARTS) is 1. The molecule has 0 radical (unpaired) electrons. The number of hydrogen-bond donors (Lipinski definition) is 3. The molecule has 2 aromatic heterocycles. The van der Waals surface area contributed by atoms with Crippen LogP contribution in [0.25, 0.3) is 11.2 Å². The highest BCUT2D eigenvalue weighted by Gasteiger charge is 2.21. The van der Waals surface area contributed by atoms with E-state index in [0.29, 0.717) is 34.4 Å². The number of carboxylic acids is 1. The highest BCUT2D eigenvalue weighted by atomic mass is 127. The fourth-order valence-electron chi connectivity index (χ4n) is 2.68. The topological polar surface area (TPSA) is 151 Å². The van der Waals surface area contributed by atoms with Crippen molar-refractivity contribution in [1.82, 2.24) is 19.5 Å². The van der Waals surface area contributed by atoms with Crippen molar-refractivity contribution in [2.45, 2.75) is 29.1 Å². The number of carbonyl (C=O) groups is 1. The molecule has 0 aliphatic carbocycles. The van der Waals surface area contributed by atoms with Crippen LogP contribution in [0.3, 0.4) is 0 Å². The number of anilines is 1. The number of aromatic nitrogens is 4. The van der Waals surface area contributed by atoms with Crippen LogP contribution in [-0.2, 0) is 11.3 Å². The Bertz CT molecular complexity index is 1070. The van der Waals surface area contributed by atoms with Crippen LogP contribution in [0.4, 0.5) is 5.82 Å². The van der Waals surface area contributed by atoms with Gasteiger partial charge in [-0.3, -0.25) is 4.79 Å². The Morgan fingerprint density at radius 2 is 2.11 bits per heavy atom. The van der Waals surface area contributed by atoms with Gasteiger partial charge in [-0.1, -0.05) is 11.8 Å². The van der Waals surface area contributed by atoms with Crippen molar-refractivity contribution in [3.63, 3.8) is 0 Å². The minimum absolute atomic E-state index is 0.192. The van der Waals surface area contributed by atoms with Gasteiger partial charge < -0.3 is 30.6 Å². The highest BCUT2D eigenvalue weighted by Crippen LogP contribution is 2.41. The molecule has 0 spiro atoms. The predicted octanol–water partition coefficient (Wildman–Crippen LogP) is 1.70. The molecule has 3 aromatic rings. The average molecular weight is 514 g/mol. The first kappa shape index (κ1) is 19.0. The first-order valence-corrected chi connectivity index (χ1v) is 10.1. The lowest BCUT2D eigenvalue weighted by atomic mass is 10.2. The Morgan fingerprint density at radius 1 is 1.36 bits per heavy atom. The number of imidazole rings is 1. The maximum Gasteiger partial charge on any atom is 0.320 e. The Kier molecular flexibility index (Phi) is 5.16. The van der Waals surface area contributed by atoms with E-state index in [0.717, 1.165) is 8.47 Å². The van der Waals surface area contributed by atoms with Crippen LogP contribution in [0.5, 0.6) is 11.5 Å². The molecule has 5 N–H and O–H groups in total. The number of nitrogens with two attached hydrogens (primary N) is 2. The lowest BCUT2D eigenvalue weighted by molar-refractivity contribution is -0.138. The van der Waals surface area contributed by atoms with E-state index < -0.39 is 12.0 Å². The van der Waals surface area contributed by atoms with Crippen molar-refractivity contribution in [1.29, 1.82) is 0 Å². The second-order valence-corrected chi connectivity index (χ2v) is 8.12. The molecule has 1 aliphatic heterocycles. The standard InChI is InChI=1S/C16H15IN6O4S/c17-7-3-9-10(27-6-26-9)4-11(7)28-16-22-12-13(19)20-5-21-14(12)23(16)2-1-8(18)15(24)25/h3-5,8H,1-2,6,18H2,(H,24,25)(H2,19,20,21)/t8-/m0/s1.